The van der Waals surface area contributed by atoms with Crippen LogP contribution in [0.1, 0.15) is 11.5 Å². The van der Waals surface area contributed by atoms with Crippen molar-refractivity contribution in [1.82, 2.24) is 0 Å². The summed E-state index contributed by atoms with van der Waals surface area (Å²) >= 11 is 0. The molecule has 0 spiro atoms. The van der Waals surface area contributed by atoms with Gasteiger partial charge in [-0.15, -0.1) is 0 Å². The molecular formula is C14H12O3. The standard InChI is InChI=1S/C14H12O3/c15-13-12(8-17-14(13)16)11-6-5-9-3-1-2-4-10(9)7-11/h1-7,12-13,15H,8H2. The minimum Gasteiger partial charge on any atom is -0.463 e. The molecule has 2 aromatic rings. The van der Waals surface area contributed by atoms with Gasteiger partial charge in [0, 0.05) is 0 Å². The molecule has 1 heterocycles. The van der Waals surface area contributed by atoms with Gasteiger partial charge in [-0.2, -0.15) is 0 Å². The number of fused-ring (bicyclic) bond motifs is 1. The van der Waals surface area contributed by atoms with E-state index in [1.165, 1.54) is 0 Å². The summed E-state index contributed by atoms with van der Waals surface area (Å²) in [5.41, 5.74) is 0.946. The Hall–Kier alpha value is -1.87. The molecule has 2 atom stereocenters. The molecule has 2 unspecified atom stereocenters. The molecular weight excluding hydrogens is 216 g/mol. The van der Waals surface area contributed by atoms with E-state index in [2.05, 4.69) is 0 Å². The molecule has 3 heteroatoms. The van der Waals surface area contributed by atoms with E-state index in [-0.39, 0.29) is 12.5 Å². The van der Waals surface area contributed by atoms with Crippen LogP contribution in [0.25, 0.3) is 10.8 Å². The average Bonchev–Trinajstić information content (AvgIpc) is 2.70. The van der Waals surface area contributed by atoms with Gasteiger partial charge in [0.2, 0.25) is 0 Å². The minimum atomic E-state index is -1.03. The molecule has 2 aromatic carbocycles. The topological polar surface area (TPSA) is 46.5 Å². The van der Waals surface area contributed by atoms with Crippen LogP contribution >= 0.6 is 0 Å². The first-order valence-electron chi connectivity index (χ1n) is 5.59. The highest BCUT2D eigenvalue weighted by molar-refractivity contribution is 5.84. The highest BCUT2D eigenvalue weighted by Crippen LogP contribution is 2.28. The van der Waals surface area contributed by atoms with Gasteiger partial charge in [0.05, 0.1) is 5.92 Å². The van der Waals surface area contributed by atoms with E-state index in [1.54, 1.807) is 0 Å². The molecule has 17 heavy (non-hydrogen) atoms. The van der Waals surface area contributed by atoms with Gasteiger partial charge < -0.3 is 9.84 Å². The molecule has 1 aliphatic heterocycles. The van der Waals surface area contributed by atoms with Crippen LogP contribution in [0.2, 0.25) is 0 Å². The Balaban J connectivity index is 2.04. The number of carbonyl (C=O) groups excluding carboxylic acids is 1. The fraction of sp³-hybridized carbons (Fsp3) is 0.214. The van der Waals surface area contributed by atoms with Gasteiger partial charge in [-0.05, 0) is 16.3 Å². The van der Waals surface area contributed by atoms with Crippen molar-refractivity contribution in [2.45, 2.75) is 12.0 Å². The molecule has 0 amide bonds. The average molecular weight is 228 g/mol. The minimum absolute atomic E-state index is 0.243. The molecule has 0 aliphatic carbocycles. The van der Waals surface area contributed by atoms with Crippen molar-refractivity contribution in [3.8, 4) is 0 Å². The zero-order chi connectivity index (χ0) is 11.8. The molecule has 1 saturated heterocycles. The van der Waals surface area contributed by atoms with Crippen LogP contribution in [-0.4, -0.2) is 23.8 Å². The van der Waals surface area contributed by atoms with Crippen LogP contribution in [0, 0.1) is 0 Å². The molecule has 1 aliphatic rings. The van der Waals surface area contributed by atoms with Gasteiger partial charge in [0.25, 0.3) is 0 Å². The number of aliphatic hydroxyl groups excluding tert-OH is 1. The number of hydrogen-bond acceptors (Lipinski definition) is 3. The third-order valence-corrected chi connectivity index (χ3v) is 3.23. The molecule has 1 fully saturated rings. The number of ether oxygens (including phenoxy) is 1. The van der Waals surface area contributed by atoms with E-state index < -0.39 is 12.1 Å². The first-order valence-corrected chi connectivity index (χ1v) is 5.59. The predicted octanol–water partition coefficient (Wildman–Crippen LogP) is 1.84. The summed E-state index contributed by atoms with van der Waals surface area (Å²) in [5.74, 6) is -0.768. The van der Waals surface area contributed by atoms with Gasteiger partial charge in [-0.25, -0.2) is 4.79 Å². The third kappa shape index (κ3) is 1.68. The van der Waals surface area contributed by atoms with Crippen LogP contribution in [0.15, 0.2) is 42.5 Å². The van der Waals surface area contributed by atoms with Gasteiger partial charge in [-0.3, -0.25) is 0 Å². The second kappa shape index (κ2) is 3.86. The summed E-state index contributed by atoms with van der Waals surface area (Å²) in [7, 11) is 0. The van der Waals surface area contributed by atoms with Crippen molar-refractivity contribution in [2.75, 3.05) is 6.61 Å². The van der Waals surface area contributed by atoms with Crippen LogP contribution in [0.5, 0.6) is 0 Å². The fourth-order valence-corrected chi connectivity index (χ4v) is 2.23. The highest BCUT2D eigenvalue weighted by atomic mass is 16.6. The summed E-state index contributed by atoms with van der Waals surface area (Å²) < 4.78 is 4.86. The summed E-state index contributed by atoms with van der Waals surface area (Å²) in [4.78, 5) is 11.1. The fourth-order valence-electron chi connectivity index (χ4n) is 2.23. The van der Waals surface area contributed by atoms with E-state index in [0.717, 1.165) is 16.3 Å². The Morgan fingerprint density at radius 2 is 1.88 bits per heavy atom. The number of carbonyl (C=O) groups is 1. The lowest BCUT2D eigenvalue weighted by Crippen LogP contribution is -2.20. The number of benzene rings is 2. The monoisotopic (exact) mass is 228 g/mol. The Kier molecular flexibility index (Phi) is 2.34. The van der Waals surface area contributed by atoms with Gasteiger partial charge in [0.15, 0.2) is 6.10 Å². The van der Waals surface area contributed by atoms with E-state index in [4.69, 9.17) is 4.74 Å². The molecule has 3 rings (SSSR count). The van der Waals surface area contributed by atoms with Crippen LogP contribution in [0.4, 0.5) is 0 Å². The van der Waals surface area contributed by atoms with Gasteiger partial charge >= 0.3 is 5.97 Å². The number of hydrogen-bond donors (Lipinski definition) is 1. The predicted molar refractivity (Wildman–Crippen MR) is 63.7 cm³/mol. The highest BCUT2D eigenvalue weighted by Gasteiger charge is 2.36. The number of aliphatic hydroxyl groups is 1. The van der Waals surface area contributed by atoms with Crippen molar-refractivity contribution in [3.63, 3.8) is 0 Å². The molecule has 86 valence electrons. The number of esters is 1. The quantitative estimate of drug-likeness (QED) is 0.757. The van der Waals surface area contributed by atoms with Crippen LogP contribution in [0.3, 0.4) is 0 Å². The summed E-state index contributed by atoms with van der Waals surface area (Å²) in [5, 5.41) is 12.0. The molecule has 0 bridgehead atoms. The summed E-state index contributed by atoms with van der Waals surface area (Å²) in [6.07, 6.45) is -1.03. The Bertz CT molecular complexity index is 576. The van der Waals surface area contributed by atoms with Crippen molar-refractivity contribution in [2.24, 2.45) is 0 Å². The first-order chi connectivity index (χ1) is 8.25. The van der Waals surface area contributed by atoms with E-state index in [1.807, 2.05) is 42.5 Å². The summed E-state index contributed by atoms with van der Waals surface area (Å²) in [6.45, 7) is 0.262. The largest absolute Gasteiger partial charge is 0.463 e. The van der Waals surface area contributed by atoms with Crippen molar-refractivity contribution < 1.29 is 14.6 Å². The Labute approximate surface area is 98.6 Å². The maximum atomic E-state index is 11.1. The SMILES string of the molecule is O=C1OCC(c2ccc3ccccc3c2)C1O. The third-order valence-electron chi connectivity index (χ3n) is 3.23. The second-order valence-electron chi connectivity index (χ2n) is 4.29. The lowest BCUT2D eigenvalue weighted by molar-refractivity contribution is -0.144. The van der Waals surface area contributed by atoms with E-state index in [0.29, 0.717) is 0 Å². The Morgan fingerprint density at radius 3 is 2.59 bits per heavy atom. The van der Waals surface area contributed by atoms with Crippen molar-refractivity contribution >= 4 is 16.7 Å². The van der Waals surface area contributed by atoms with E-state index >= 15 is 0 Å². The maximum absolute atomic E-state index is 11.1. The summed E-state index contributed by atoms with van der Waals surface area (Å²) in [6, 6.07) is 14.0. The maximum Gasteiger partial charge on any atom is 0.335 e. The van der Waals surface area contributed by atoms with E-state index in [9.17, 15) is 9.90 Å². The zero-order valence-electron chi connectivity index (χ0n) is 9.17. The first kappa shape index (κ1) is 10.3. The van der Waals surface area contributed by atoms with Crippen molar-refractivity contribution in [1.29, 1.82) is 0 Å². The molecule has 0 aromatic heterocycles. The normalized spacial score (nSPS) is 23.9. The van der Waals surface area contributed by atoms with Crippen LogP contribution < -0.4 is 0 Å². The van der Waals surface area contributed by atoms with Crippen LogP contribution in [-0.2, 0) is 9.53 Å². The molecule has 0 saturated carbocycles. The molecule has 0 radical (unpaired) electrons. The number of rotatable bonds is 1. The lowest BCUT2D eigenvalue weighted by atomic mass is 9.94. The van der Waals surface area contributed by atoms with Gasteiger partial charge in [0.1, 0.15) is 6.61 Å². The van der Waals surface area contributed by atoms with Crippen molar-refractivity contribution in [3.05, 3.63) is 48.0 Å². The zero-order valence-corrected chi connectivity index (χ0v) is 9.17. The number of cyclic esters (lactones) is 1. The molecule has 3 nitrogen and oxygen atoms in total. The lowest BCUT2D eigenvalue weighted by Gasteiger charge is -2.11. The second-order valence-corrected chi connectivity index (χ2v) is 4.29. The Morgan fingerprint density at radius 1 is 1.12 bits per heavy atom. The smallest absolute Gasteiger partial charge is 0.335 e. The molecule has 1 N–H and O–H groups in total. The van der Waals surface area contributed by atoms with Gasteiger partial charge in [-0.1, -0.05) is 42.5 Å².